The highest BCUT2D eigenvalue weighted by atomic mass is 16.6. The molecule has 1 saturated carbocycles. The van der Waals surface area contributed by atoms with E-state index in [0.29, 0.717) is 38.1 Å². The van der Waals surface area contributed by atoms with E-state index in [1.54, 1.807) is 0 Å². The van der Waals surface area contributed by atoms with Crippen LogP contribution in [0.4, 0.5) is 0 Å². The van der Waals surface area contributed by atoms with Gasteiger partial charge < -0.3 is 14.5 Å². The number of ether oxygens (including phenoxy) is 2. The normalized spacial score (nSPS) is 16.7. The molecule has 0 bridgehead atoms. The topological polar surface area (TPSA) is 98.2 Å². The van der Waals surface area contributed by atoms with E-state index >= 15 is 0 Å². The zero-order chi connectivity index (χ0) is 25.9. The van der Waals surface area contributed by atoms with Crippen molar-refractivity contribution in [3.8, 4) is 11.5 Å². The second-order valence-electron chi connectivity index (χ2n) is 10.3. The first-order chi connectivity index (χ1) is 18.7. The molecular weight excluding hydrogens is 480 g/mol. The predicted molar refractivity (Wildman–Crippen MR) is 144 cm³/mol. The Morgan fingerprint density at radius 2 is 1.82 bits per heavy atom. The Morgan fingerprint density at radius 3 is 2.58 bits per heavy atom. The van der Waals surface area contributed by atoms with Crippen molar-refractivity contribution in [1.82, 2.24) is 30.1 Å². The van der Waals surface area contributed by atoms with Crippen molar-refractivity contribution < 1.29 is 9.47 Å². The highest BCUT2D eigenvalue weighted by molar-refractivity contribution is 5.83. The Labute approximate surface area is 221 Å². The standard InChI is InChI=1S/C29H34N6O3/c1-2-25(28-31-32-33-35(28)18-20-9-5-3-6-10-20)34(23-11-7-4-8-12-23)19-22-15-21-16-26-27(38-14-13-37-26)17-24(21)30-29(22)36/h3,5-6,9-10,15-17,23,25H,2,4,7-8,11-14,18-19H2,1H3,(H,30,36). The monoisotopic (exact) mass is 514 g/mol. The van der Waals surface area contributed by atoms with Gasteiger partial charge in [-0.2, -0.15) is 0 Å². The third-order valence-electron chi connectivity index (χ3n) is 7.80. The second kappa shape index (κ2) is 10.9. The third-order valence-corrected chi connectivity index (χ3v) is 7.80. The van der Waals surface area contributed by atoms with E-state index in [4.69, 9.17) is 9.47 Å². The summed E-state index contributed by atoms with van der Waals surface area (Å²) in [6.45, 7) is 4.36. The molecule has 0 saturated heterocycles. The van der Waals surface area contributed by atoms with Gasteiger partial charge in [0, 0.05) is 29.6 Å². The first kappa shape index (κ1) is 24.6. The lowest BCUT2D eigenvalue weighted by molar-refractivity contribution is 0.0844. The zero-order valence-electron chi connectivity index (χ0n) is 21.8. The van der Waals surface area contributed by atoms with Gasteiger partial charge in [0.2, 0.25) is 0 Å². The molecule has 1 N–H and O–H groups in total. The minimum atomic E-state index is -0.0753. The number of aromatic nitrogens is 5. The van der Waals surface area contributed by atoms with Gasteiger partial charge in [0.1, 0.15) is 13.2 Å². The van der Waals surface area contributed by atoms with Gasteiger partial charge in [0.25, 0.3) is 5.56 Å². The number of tetrazole rings is 1. The zero-order valence-corrected chi connectivity index (χ0v) is 21.8. The molecule has 1 aliphatic carbocycles. The Kier molecular flexibility index (Phi) is 7.09. The number of aromatic amines is 1. The first-order valence-electron chi connectivity index (χ1n) is 13.7. The Bertz CT molecular complexity index is 1440. The Morgan fingerprint density at radius 1 is 1.05 bits per heavy atom. The molecular formula is C29H34N6O3. The number of fused-ring (bicyclic) bond motifs is 2. The van der Waals surface area contributed by atoms with Gasteiger partial charge in [-0.15, -0.1) is 5.10 Å². The Hall–Kier alpha value is -3.72. The second-order valence-corrected chi connectivity index (χ2v) is 10.3. The van der Waals surface area contributed by atoms with E-state index in [-0.39, 0.29) is 11.6 Å². The lowest BCUT2D eigenvalue weighted by atomic mass is 9.92. The van der Waals surface area contributed by atoms with Gasteiger partial charge >= 0.3 is 0 Å². The van der Waals surface area contributed by atoms with Crippen LogP contribution in [0.25, 0.3) is 10.9 Å². The van der Waals surface area contributed by atoms with Gasteiger partial charge in [0.15, 0.2) is 17.3 Å². The lowest BCUT2D eigenvalue weighted by Gasteiger charge is -2.39. The Balaban J connectivity index is 1.35. The summed E-state index contributed by atoms with van der Waals surface area (Å²) < 4.78 is 13.4. The third kappa shape index (κ3) is 5.03. The summed E-state index contributed by atoms with van der Waals surface area (Å²) in [4.78, 5) is 18.9. The largest absolute Gasteiger partial charge is 0.486 e. The smallest absolute Gasteiger partial charge is 0.252 e. The van der Waals surface area contributed by atoms with Crippen molar-refractivity contribution in [2.45, 2.75) is 70.6 Å². The lowest BCUT2D eigenvalue weighted by Crippen LogP contribution is -2.41. The maximum Gasteiger partial charge on any atom is 0.252 e. The van der Waals surface area contributed by atoms with E-state index < -0.39 is 0 Å². The molecule has 3 heterocycles. The summed E-state index contributed by atoms with van der Waals surface area (Å²) >= 11 is 0. The molecule has 1 unspecified atom stereocenters. The van der Waals surface area contributed by atoms with Gasteiger partial charge in [-0.25, -0.2) is 4.68 Å². The summed E-state index contributed by atoms with van der Waals surface area (Å²) in [5.74, 6) is 2.24. The predicted octanol–water partition coefficient (Wildman–Crippen LogP) is 4.62. The molecule has 1 atom stereocenters. The maximum absolute atomic E-state index is 13.3. The van der Waals surface area contributed by atoms with Gasteiger partial charge in [-0.1, -0.05) is 56.5 Å². The summed E-state index contributed by atoms with van der Waals surface area (Å²) in [5, 5.41) is 13.9. The van der Waals surface area contributed by atoms with Crippen molar-refractivity contribution in [1.29, 1.82) is 0 Å². The van der Waals surface area contributed by atoms with Crippen LogP contribution in [-0.4, -0.2) is 49.3 Å². The van der Waals surface area contributed by atoms with Crippen LogP contribution in [0.3, 0.4) is 0 Å². The molecule has 6 rings (SSSR count). The van der Waals surface area contributed by atoms with E-state index in [0.717, 1.165) is 52.9 Å². The maximum atomic E-state index is 13.3. The average Bonchev–Trinajstić information content (AvgIpc) is 3.40. The summed E-state index contributed by atoms with van der Waals surface area (Å²) in [7, 11) is 0. The molecule has 1 fully saturated rings. The fraction of sp³-hybridized carbons (Fsp3) is 0.448. The van der Waals surface area contributed by atoms with E-state index in [2.05, 4.69) is 44.5 Å². The molecule has 9 heteroatoms. The van der Waals surface area contributed by atoms with E-state index in [1.165, 1.54) is 19.3 Å². The molecule has 2 aromatic carbocycles. The minimum absolute atomic E-state index is 0.00724. The number of pyridine rings is 1. The minimum Gasteiger partial charge on any atom is -0.486 e. The van der Waals surface area contributed by atoms with Gasteiger partial charge in [0.05, 0.1) is 18.1 Å². The molecule has 2 aromatic heterocycles. The SMILES string of the molecule is CCC(c1nnnn1Cc1ccccc1)N(Cc1cc2cc3c(cc2[nH]c1=O)OCCO3)C1CCCCC1. The van der Waals surface area contributed by atoms with Crippen LogP contribution in [0.5, 0.6) is 11.5 Å². The number of hydrogen-bond donors (Lipinski definition) is 1. The van der Waals surface area contributed by atoms with Crippen molar-refractivity contribution in [3.63, 3.8) is 0 Å². The van der Waals surface area contributed by atoms with E-state index in [1.807, 2.05) is 41.1 Å². The number of rotatable bonds is 8. The fourth-order valence-corrected chi connectivity index (χ4v) is 5.89. The van der Waals surface area contributed by atoms with Crippen molar-refractivity contribution in [2.75, 3.05) is 13.2 Å². The highest BCUT2D eigenvalue weighted by Crippen LogP contribution is 2.35. The number of benzene rings is 2. The molecule has 2 aliphatic rings. The van der Waals surface area contributed by atoms with Gasteiger partial charge in [-0.3, -0.25) is 9.69 Å². The van der Waals surface area contributed by atoms with Crippen LogP contribution in [0.15, 0.2) is 53.3 Å². The number of hydrogen-bond acceptors (Lipinski definition) is 7. The molecule has 9 nitrogen and oxygen atoms in total. The number of nitrogens with one attached hydrogen (secondary N) is 1. The van der Waals surface area contributed by atoms with Crippen molar-refractivity contribution in [2.24, 2.45) is 0 Å². The van der Waals surface area contributed by atoms with Crippen LogP contribution < -0.4 is 15.0 Å². The number of H-pyrrole nitrogens is 1. The van der Waals surface area contributed by atoms with Crippen molar-refractivity contribution in [3.05, 3.63) is 75.8 Å². The molecule has 0 spiro atoms. The van der Waals surface area contributed by atoms with Gasteiger partial charge in [-0.05, 0) is 47.4 Å². The quantitative estimate of drug-likeness (QED) is 0.366. The van der Waals surface area contributed by atoms with Crippen LogP contribution in [0.2, 0.25) is 0 Å². The van der Waals surface area contributed by atoms with Crippen molar-refractivity contribution >= 4 is 10.9 Å². The highest BCUT2D eigenvalue weighted by Gasteiger charge is 2.32. The first-order valence-corrected chi connectivity index (χ1v) is 13.7. The van der Waals surface area contributed by atoms with Crippen LogP contribution in [0, 0.1) is 0 Å². The molecule has 0 amide bonds. The average molecular weight is 515 g/mol. The summed E-state index contributed by atoms with van der Waals surface area (Å²) in [6.07, 6.45) is 6.72. The summed E-state index contributed by atoms with van der Waals surface area (Å²) in [5.41, 5.74) is 2.57. The summed E-state index contributed by atoms with van der Waals surface area (Å²) in [6, 6.07) is 16.4. The molecule has 0 radical (unpaired) electrons. The van der Waals surface area contributed by atoms with E-state index in [9.17, 15) is 4.79 Å². The molecule has 1 aliphatic heterocycles. The van der Waals surface area contributed by atoms with Crippen LogP contribution >= 0.6 is 0 Å². The molecule has 198 valence electrons. The fourth-order valence-electron chi connectivity index (χ4n) is 5.89. The van der Waals surface area contributed by atoms with Crippen LogP contribution in [0.1, 0.15) is 68.4 Å². The molecule has 4 aromatic rings. The number of nitrogens with zero attached hydrogens (tertiary/aromatic N) is 5. The van der Waals surface area contributed by atoms with Crippen LogP contribution in [-0.2, 0) is 13.1 Å². The molecule has 38 heavy (non-hydrogen) atoms.